The number of nitro benzene ring substituents is 1. The number of fused-ring (bicyclic) bond motifs is 1. The van der Waals surface area contributed by atoms with Crippen molar-refractivity contribution >= 4 is 49.3 Å². The summed E-state index contributed by atoms with van der Waals surface area (Å²) in [6.45, 7) is 5.52. The lowest BCUT2D eigenvalue weighted by molar-refractivity contribution is -0.384. The van der Waals surface area contributed by atoms with Crippen molar-refractivity contribution in [3.63, 3.8) is 0 Å². The van der Waals surface area contributed by atoms with Gasteiger partial charge in [0.05, 0.1) is 26.6 Å². The number of anilines is 1. The molecule has 0 saturated carbocycles. The Bertz CT molecular complexity index is 1840. The first kappa shape index (κ1) is 35.1. The van der Waals surface area contributed by atoms with Gasteiger partial charge in [0.15, 0.2) is 6.29 Å². The molecule has 1 amide bonds. The number of carbonyl (C=O) groups is 1. The van der Waals surface area contributed by atoms with E-state index in [1.165, 1.54) is 16.2 Å². The van der Waals surface area contributed by atoms with Gasteiger partial charge in [-0.1, -0.05) is 0 Å². The molecule has 1 saturated heterocycles. The van der Waals surface area contributed by atoms with Crippen LogP contribution in [0.25, 0.3) is 20.8 Å². The summed E-state index contributed by atoms with van der Waals surface area (Å²) >= 11 is 1.44. The average molecular weight is 701 g/mol. The molecule has 0 aliphatic carbocycles. The smallest absolute Gasteiger partial charge is 0.415 e. The Hall–Kier alpha value is -4.22. The van der Waals surface area contributed by atoms with E-state index in [1.807, 2.05) is 18.2 Å². The number of benzene rings is 2. The standard InChI is InChI=1S/C32H36N4O10S2/c1-32(2,3)46-31(37)35(4)28-15-8-21(18-33-28)30-34-26-14-11-23(17-27(26)47-30)43-19-24(45-29-7-5-6-16-42-29)20-44-48(40,41)25-12-9-22(10-13-25)36(38)39/h8-15,17-18,24,29H,5-7,16,19-20H2,1-4H3/t24-,29?/m0/s1. The van der Waals surface area contributed by atoms with Gasteiger partial charge in [0.1, 0.15) is 34.9 Å². The first-order valence-corrected chi connectivity index (χ1v) is 17.4. The number of ether oxygens (including phenoxy) is 4. The van der Waals surface area contributed by atoms with Crippen molar-refractivity contribution in [3.05, 3.63) is 70.9 Å². The highest BCUT2D eigenvalue weighted by atomic mass is 32.2. The number of nitrogens with zero attached hydrogens (tertiary/aromatic N) is 4. The first-order valence-electron chi connectivity index (χ1n) is 15.1. The van der Waals surface area contributed by atoms with E-state index in [1.54, 1.807) is 46.1 Å². The van der Waals surface area contributed by atoms with Crippen LogP contribution in [-0.4, -0.2) is 74.3 Å². The van der Waals surface area contributed by atoms with E-state index >= 15 is 0 Å². The summed E-state index contributed by atoms with van der Waals surface area (Å²) in [6, 6.07) is 13.4. The molecule has 256 valence electrons. The lowest BCUT2D eigenvalue weighted by atomic mass is 10.2. The van der Waals surface area contributed by atoms with Crippen LogP contribution < -0.4 is 9.64 Å². The molecule has 0 spiro atoms. The zero-order chi connectivity index (χ0) is 34.5. The summed E-state index contributed by atoms with van der Waals surface area (Å²) in [5.41, 5.74) is 0.657. The molecule has 1 unspecified atom stereocenters. The zero-order valence-corrected chi connectivity index (χ0v) is 28.5. The first-order chi connectivity index (χ1) is 22.8. The molecular weight excluding hydrogens is 665 g/mol. The molecule has 16 heteroatoms. The highest BCUT2D eigenvalue weighted by molar-refractivity contribution is 7.86. The van der Waals surface area contributed by atoms with Crippen molar-refractivity contribution in [2.75, 3.05) is 31.8 Å². The van der Waals surface area contributed by atoms with Gasteiger partial charge < -0.3 is 18.9 Å². The van der Waals surface area contributed by atoms with Crippen LogP contribution >= 0.6 is 11.3 Å². The van der Waals surface area contributed by atoms with Crippen LogP contribution in [0.3, 0.4) is 0 Å². The van der Waals surface area contributed by atoms with Crippen LogP contribution in [0.5, 0.6) is 5.75 Å². The number of pyridine rings is 1. The second-order valence-electron chi connectivity index (χ2n) is 11.9. The van der Waals surface area contributed by atoms with Gasteiger partial charge in [-0.2, -0.15) is 8.42 Å². The number of non-ortho nitro benzene ring substituents is 1. The lowest BCUT2D eigenvalue weighted by Crippen LogP contribution is -2.35. The minimum Gasteiger partial charge on any atom is -0.491 e. The van der Waals surface area contributed by atoms with Crippen LogP contribution in [0.1, 0.15) is 40.0 Å². The summed E-state index contributed by atoms with van der Waals surface area (Å²) in [4.78, 5) is 33.0. The molecule has 2 aromatic carbocycles. The van der Waals surface area contributed by atoms with E-state index in [0.717, 1.165) is 57.9 Å². The number of hydrogen-bond acceptors (Lipinski definition) is 13. The molecule has 5 rings (SSSR count). The molecule has 4 aromatic rings. The Kier molecular flexibility index (Phi) is 10.9. The average Bonchev–Trinajstić information content (AvgIpc) is 3.49. The topological polar surface area (TPSA) is 170 Å². The minimum atomic E-state index is -4.23. The molecule has 2 atom stereocenters. The molecule has 1 aliphatic rings. The fraction of sp³-hybridized carbons (Fsp3) is 0.406. The van der Waals surface area contributed by atoms with Crippen molar-refractivity contribution in [1.82, 2.24) is 9.97 Å². The molecule has 2 aromatic heterocycles. The van der Waals surface area contributed by atoms with E-state index in [4.69, 9.17) is 28.1 Å². The SMILES string of the molecule is CN(C(=O)OC(C)(C)C)c1ccc(-c2nc3ccc(OC[C@@H](COS(=O)(=O)c4ccc([N+](=O)[O-])cc4)OC4CCCCO4)cc3s2)cn1. The van der Waals surface area contributed by atoms with E-state index < -0.39 is 39.1 Å². The highest BCUT2D eigenvalue weighted by Gasteiger charge is 2.25. The maximum absolute atomic E-state index is 12.8. The van der Waals surface area contributed by atoms with Gasteiger partial charge in [-0.3, -0.25) is 19.2 Å². The molecule has 3 heterocycles. The molecule has 1 fully saturated rings. The molecule has 0 N–H and O–H groups in total. The number of carbonyl (C=O) groups excluding carboxylic acids is 1. The maximum Gasteiger partial charge on any atom is 0.415 e. The second-order valence-corrected chi connectivity index (χ2v) is 14.6. The van der Waals surface area contributed by atoms with Crippen molar-refractivity contribution in [3.8, 4) is 16.3 Å². The molecule has 48 heavy (non-hydrogen) atoms. The predicted molar refractivity (Wildman–Crippen MR) is 178 cm³/mol. The summed E-state index contributed by atoms with van der Waals surface area (Å²) in [5, 5.41) is 11.7. The number of thiazole rings is 1. The van der Waals surface area contributed by atoms with E-state index in [0.29, 0.717) is 24.6 Å². The Morgan fingerprint density at radius 1 is 1.12 bits per heavy atom. The van der Waals surface area contributed by atoms with E-state index in [-0.39, 0.29) is 23.8 Å². The predicted octanol–water partition coefficient (Wildman–Crippen LogP) is 6.33. The normalized spacial score (nSPS) is 16.0. The number of aromatic nitrogens is 2. The molecule has 0 radical (unpaired) electrons. The summed E-state index contributed by atoms with van der Waals surface area (Å²) in [7, 11) is -2.64. The Morgan fingerprint density at radius 3 is 2.54 bits per heavy atom. The fourth-order valence-electron chi connectivity index (χ4n) is 4.57. The van der Waals surface area contributed by atoms with E-state index in [9.17, 15) is 23.3 Å². The van der Waals surface area contributed by atoms with Crippen LogP contribution in [0.15, 0.2) is 65.7 Å². The van der Waals surface area contributed by atoms with Gasteiger partial charge in [0.25, 0.3) is 15.8 Å². The van der Waals surface area contributed by atoms with Crippen molar-refractivity contribution in [2.45, 2.75) is 62.9 Å². The van der Waals surface area contributed by atoms with E-state index in [2.05, 4.69) is 4.98 Å². The summed E-state index contributed by atoms with van der Waals surface area (Å²) in [6.07, 6.45) is 2.26. The third-order valence-electron chi connectivity index (χ3n) is 7.03. The van der Waals surface area contributed by atoms with Gasteiger partial charge in [-0.15, -0.1) is 11.3 Å². The van der Waals surface area contributed by atoms with Gasteiger partial charge in [-0.05, 0) is 82.5 Å². The third kappa shape index (κ3) is 9.23. The van der Waals surface area contributed by atoms with Crippen LogP contribution in [0, 0.1) is 10.1 Å². The largest absolute Gasteiger partial charge is 0.491 e. The van der Waals surface area contributed by atoms with Crippen molar-refractivity contribution < 1.29 is 41.3 Å². The maximum atomic E-state index is 12.8. The fourth-order valence-corrected chi connectivity index (χ4v) is 6.49. The minimum absolute atomic E-state index is 0.0383. The second kappa shape index (κ2) is 14.9. The van der Waals surface area contributed by atoms with Crippen LogP contribution in [0.2, 0.25) is 0 Å². The monoisotopic (exact) mass is 700 g/mol. The third-order valence-corrected chi connectivity index (χ3v) is 9.39. The molecule has 0 bridgehead atoms. The van der Waals surface area contributed by atoms with Crippen molar-refractivity contribution in [2.24, 2.45) is 0 Å². The number of hydrogen-bond donors (Lipinski definition) is 0. The Morgan fingerprint density at radius 2 is 1.90 bits per heavy atom. The summed E-state index contributed by atoms with van der Waals surface area (Å²) < 4.78 is 55.0. The van der Waals surface area contributed by atoms with Gasteiger partial charge in [0.2, 0.25) is 0 Å². The zero-order valence-electron chi connectivity index (χ0n) is 26.9. The highest BCUT2D eigenvalue weighted by Crippen LogP contribution is 2.33. The van der Waals surface area contributed by atoms with Gasteiger partial charge in [-0.25, -0.2) is 14.8 Å². The van der Waals surface area contributed by atoms with Crippen LogP contribution in [0.4, 0.5) is 16.3 Å². The van der Waals surface area contributed by atoms with Gasteiger partial charge in [0, 0.05) is 37.5 Å². The number of amides is 1. The molecule has 1 aliphatic heterocycles. The Balaban J connectivity index is 1.25. The van der Waals surface area contributed by atoms with Crippen molar-refractivity contribution in [1.29, 1.82) is 0 Å². The quantitative estimate of drug-likeness (QED) is 0.0915. The molecular formula is C32H36N4O10S2. The lowest BCUT2D eigenvalue weighted by Gasteiger charge is -2.27. The number of rotatable bonds is 12. The summed E-state index contributed by atoms with van der Waals surface area (Å²) in [5.74, 6) is 0.950. The molecule has 14 nitrogen and oxygen atoms in total. The number of nitro groups is 1. The Labute approximate surface area is 281 Å². The van der Waals surface area contributed by atoms with Gasteiger partial charge >= 0.3 is 6.09 Å². The van der Waals surface area contributed by atoms with Crippen LogP contribution in [-0.2, 0) is 28.5 Å².